The summed E-state index contributed by atoms with van der Waals surface area (Å²) in [6.45, 7) is 0. The van der Waals surface area contributed by atoms with Crippen molar-refractivity contribution in [2.75, 3.05) is 11.8 Å². The molecular weight excluding hydrogens is 400 g/mol. The Hall–Kier alpha value is -1.78. The predicted octanol–water partition coefficient (Wildman–Crippen LogP) is 1.73. The smallest absolute Gasteiger partial charge is 0.266 e. The molecule has 0 fully saturated rings. The molecular formula is C11H10BrClN4O4S. The maximum atomic E-state index is 12.3. The molecule has 0 saturated heterocycles. The molecule has 0 aliphatic heterocycles. The number of nitrogens with two attached hydrogens (primary N) is 1. The summed E-state index contributed by atoms with van der Waals surface area (Å²) in [5.74, 6) is -0.512. The number of aromatic amines is 1. The van der Waals surface area contributed by atoms with Crippen LogP contribution in [0.2, 0.25) is 5.02 Å². The summed E-state index contributed by atoms with van der Waals surface area (Å²) in [4.78, 5) is 10.8. The molecule has 1 aromatic heterocycles. The van der Waals surface area contributed by atoms with E-state index >= 15 is 0 Å². The van der Waals surface area contributed by atoms with Gasteiger partial charge in [0.05, 0.1) is 12.1 Å². The second-order valence-electron chi connectivity index (χ2n) is 4.05. The number of H-pyrrole nitrogens is 1. The van der Waals surface area contributed by atoms with Crippen molar-refractivity contribution in [1.82, 2.24) is 10.2 Å². The minimum Gasteiger partial charge on any atom is -0.495 e. The topological polar surface area (TPSA) is 127 Å². The van der Waals surface area contributed by atoms with E-state index in [9.17, 15) is 13.2 Å². The summed E-state index contributed by atoms with van der Waals surface area (Å²) in [5, 5.41) is 6.09. The molecule has 0 aliphatic carbocycles. The molecule has 0 atom stereocenters. The summed E-state index contributed by atoms with van der Waals surface area (Å²) >= 11 is 9.07. The van der Waals surface area contributed by atoms with Gasteiger partial charge in [-0.2, -0.15) is 5.10 Å². The number of rotatable bonds is 5. The standard InChI is InChI=1S/C11H10BrClN4O4S/c1-21-8-2-5(12)9(3-6(8)13)22(19,20)17-10-4-7(11(14)18)15-16-10/h2-4H,1H3,(H2,14,18)(H2,15,16,17). The predicted molar refractivity (Wildman–Crippen MR) is 83.6 cm³/mol. The number of benzene rings is 1. The van der Waals surface area contributed by atoms with Gasteiger partial charge in [-0.3, -0.25) is 14.6 Å². The van der Waals surface area contributed by atoms with Gasteiger partial charge in [0.1, 0.15) is 16.3 Å². The van der Waals surface area contributed by atoms with Crippen LogP contribution in [0.15, 0.2) is 27.6 Å². The van der Waals surface area contributed by atoms with E-state index in [0.717, 1.165) is 0 Å². The normalized spacial score (nSPS) is 11.2. The fourth-order valence-corrected chi connectivity index (χ4v) is 3.91. The lowest BCUT2D eigenvalue weighted by Crippen LogP contribution is -2.14. The Balaban J connectivity index is 2.38. The summed E-state index contributed by atoms with van der Waals surface area (Å²) in [7, 11) is -2.56. The van der Waals surface area contributed by atoms with E-state index in [2.05, 4.69) is 30.8 Å². The van der Waals surface area contributed by atoms with Crippen LogP contribution in [0.25, 0.3) is 0 Å². The number of sulfonamides is 1. The molecule has 0 bridgehead atoms. The first kappa shape index (κ1) is 16.6. The van der Waals surface area contributed by atoms with Crippen molar-refractivity contribution in [1.29, 1.82) is 0 Å². The molecule has 2 rings (SSSR count). The Morgan fingerprint density at radius 3 is 2.68 bits per heavy atom. The van der Waals surface area contributed by atoms with Crippen LogP contribution in [-0.4, -0.2) is 31.6 Å². The van der Waals surface area contributed by atoms with Gasteiger partial charge in [0.25, 0.3) is 15.9 Å². The molecule has 8 nitrogen and oxygen atoms in total. The number of ether oxygens (including phenoxy) is 1. The van der Waals surface area contributed by atoms with Gasteiger partial charge < -0.3 is 10.5 Å². The monoisotopic (exact) mass is 408 g/mol. The Morgan fingerprint density at radius 2 is 2.14 bits per heavy atom. The van der Waals surface area contributed by atoms with E-state index in [1.165, 1.54) is 25.3 Å². The summed E-state index contributed by atoms with van der Waals surface area (Å²) in [6, 6.07) is 3.84. The molecule has 0 spiro atoms. The molecule has 1 aromatic carbocycles. The number of nitrogens with one attached hydrogen (secondary N) is 2. The summed E-state index contributed by atoms with van der Waals surface area (Å²) < 4.78 is 32.1. The van der Waals surface area contributed by atoms with Crippen molar-refractivity contribution in [3.63, 3.8) is 0 Å². The second kappa shape index (κ2) is 6.15. The van der Waals surface area contributed by atoms with Gasteiger partial charge in [-0.25, -0.2) is 8.42 Å². The zero-order valence-corrected chi connectivity index (χ0v) is 14.2. The molecule has 2 aromatic rings. The van der Waals surface area contributed by atoms with E-state index in [0.29, 0.717) is 5.75 Å². The summed E-state index contributed by atoms with van der Waals surface area (Å²) in [6.07, 6.45) is 0. The number of hydrogen-bond acceptors (Lipinski definition) is 5. The van der Waals surface area contributed by atoms with Crippen molar-refractivity contribution in [3.8, 4) is 5.75 Å². The lowest BCUT2D eigenvalue weighted by atomic mass is 10.3. The van der Waals surface area contributed by atoms with Crippen LogP contribution in [0.5, 0.6) is 5.75 Å². The van der Waals surface area contributed by atoms with Gasteiger partial charge in [-0.1, -0.05) is 11.6 Å². The van der Waals surface area contributed by atoms with E-state index < -0.39 is 15.9 Å². The molecule has 1 heterocycles. The van der Waals surface area contributed by atoms with E-state index in [-0.39, 0.29) is 25.9 Å². The Labute approximate surface area is 139 Å². The molecule has 1 amide bonds. The lowest BCUT2D eigenvalue weighted by molar-refractivity contribution is 0.0995. The van der Waals surface area contributed by atoms with Crippen LogP contribution in [0.4, 0.5) is 5.82 Å². The minimum absolute atomic E-state index is 0.0236. The number of nitrogens with zero attached hydrogens (tertiary/aromatic N) is 1. The molecule has 22 heavy (non-hydrogen) atoms. The van der Waals surface area contributed by atoms with Crippen LogP contribution in [-0.2, 0) is 10.0 Å². The van der Waals surface area contributed by atoms with Crippen LogP contribution >= 0.6 is 27.5 Å². The number of halogens is 2. The van der Waals surface area contributed by atoms with Crippen molar-refractivity contribution in [3.05, 3.63) is 33.4 Å². The van der Waals surface area contributed by atoms with Gasteiger partial charge in [0.2, 0.25) is 0 Å². The third-order valence-electron chi connectivity index (χ3n) is 2.58. The van der Waals surface area contributed by atoms with Crippen molar-refractivity contribution >= 4 is 49.3 Å². The molecule has 0 radical (unpaired) electrons. The van der Waals surface area contributed by atoms with Crippen LogP contribution in [0.3, 0.4) is 0 Å². The first-order chi connectivity index (χ1) is 10.2. The number of anilines is 1. The number of carbonyl (C=O) groups is 1. The van der Waals surface area contributed by atoms with Crippen molar-refractivity contribution in [2.24, 2.45) is 5.73 Å². The molecule has 0 aliphatic rings. The number of primary amides is 1. The zero-order valence-electron chi connectivity index (χ0n) is 11.1. The maximum Gasteiger partial charge on any atom is 0.266 e. The molecule has 0 saturated carbocycles. The third-order valence-corrected chi connectivity index (χ3v) is 5.19. The van der Waals surface area contributed by atoms with Crippen LogP contribution < -0.4 is 15.2 Å². The maximum absolute atomic E-state index is 12.3. The average molecular weight is 410 g/mol. The first-order valence-corrected chi connectivity index (χ1v) is 8.31. The molecule has 118 valence electrons. The van der Waals surface area contributed by atoms with E-state index in [1.807, 2.05) is 0 Å². The van der Waals surface area contributed by atoms with Gasteiger partial charge in [0, 0.05) is 10.5 Å². The highest BCUT2D eigenvalue weighted by Crippen LogP contribution is 2.34. The minimum atomic E-state index is -3.98. The Bertz CT molecular complexity index is 837. The van der Waals surface area contributed by atoms with Crippen molar-refractivity contribution < 1.29 is 17.9 Å². The van der Waals surface area contributed by atoms with E-state index in [4.69, 9.17) is 22.1 Å². The number of amides is 1. The average Bonchev–Trinajstić information content (AvgIpc) is 2.88. The number of methoxy groups -OCH3 is 1. The second-order valence-corrected chi connectivity index (χ2v) is 6.97. The highest BCUT2D eigenvalue weighted by molar-refractivity contribution is 9.10. The first-order valence-electron chi connectivity index (χ1n) is 5.65. The molecule has 4 N–H and O–H groups in total. The van der Waals surface area contributed by atoms with Gasteiger partial charge in [-0.15, -0.1) is 0 Å². The fraction of sp³-hybridized carbons (Fsp3) is 0.0909. The number of hydrogen-bond donors (Lipinski definition) is 3. The van der Waals surface area contributed by atoms with E-state index in [1.54, 1.807) is 0 Å². The Morgan fingerprint density at radius 1 is 1.45 bits per heavy atom. The zero-order chi connectivity index (χ0) is 16.5. The highest BCUT2D eigenvalue weighted by Gasteiger charge is 2.22. The fourth-order valence-electron chi connectivity index (χ4n) is 1.57. The summed E-state index contributed by atoms with van der Waals surface area (Å²) in [5.41, 5.74) is 5.03. The quantitative estimate of drug-likeness (QED) is 0.693. The number of carbonyl (C=O) groups excluding carboxylic acids is 1. The van der Waals surface area contributed by atoms with Gasteiger partial charge in [0.15, 0.2) is 5.82 Å². The SMILES string of the molecule is COc1cc(Br)c(S(=O)(=O)Nc2cc(C(N)=O)[nH]n2)cc1Cl. The lowest BCUT2D eigenvalue weighted by Gasteiger charge is -2.10. The van der Waals surface area contributed by atoms with Crippen LogP contribution in [0, 0.1) is 0 Å². The molecule has 11 heteroatoms. The number of aromatic nitrogens is 2. The van der Waals surface area contributed by atoms with Gasteiger partial charge in [-0.05, 0) is 28.1 Å². The largest absolute Gasteiger partial charge is 0.495 e. The highest BCUT2D eigenvalue weighted by atomic mass is 79.9. The Kier molecular flexibility index (Phi) is 4.63. The van der Waals surface area contributed by atoms with Gasteiger partial charge >= 0.3 is 0 Å². The third kappa shape index (κ3) is 3.34. The molecule has 0 unspecified atom stereocenters. The van der Waals surface area contributed by atoms with Crippen molar-refractivity contribution in [2.45, 2.75) is 4.90 Å². The van der Waals surface area contributed by atoms with Crippen LogP contribution in [0.1, 0.15) is 10.5 Å².